The molecule has 2 aliphatic carbocycles. The summed E-state index contributed by atoms with van der Waals surface area (Å²) in [6.07, 6.45) is 0. The van der Waals surface area contributed by atoms with Gasteiger partial charge in [0.2, 0.25) is 0 Å². The molecule has 376 valence electrons. The average Bonchev–Trinajstić information content (AvgIpc) is 2.48. The molecule has 15 aromatic rings. The molecule has 0 spiro atoms. The lowest BCUT2D eigenvalue weighted by Crippen LogP contribution is -2.19. The normalized spacial score (nSPS) is 14.2. The molecule has 0 amide bonds. The van der Waals surface area contributed by atoms with Crippen molar-refractivity contribution in [3.05, 3.63) is 234 Å². The van der Waals surface area contributed by atoms with Crippen molar-refractivity contribution in [2.45, 2.75) is 52.4 Å². The van der Waals surface area contributed by atoms with Gasteiger partial charge in [-0.3, -0.25) is 0 Å². The van der Waals surface area contributed by atoms with Crippen molar-refractivity contribution in [1.29, 1.82) is 0 Å². The van der Waals surface area contributed by atoms with Gasteiger partial charge in [-0.15, -0.1) is 0 Å². The zero-order chi connectivity index (χ0) is 52.8. The summed E-state index contributed by atoms with van der Waals surface area (Å²) in [6.45, 7) is 13.9. The lowest BCUT2D eigenvalue weighted by Gasteiger charge is -2.31. The fraction of sp³-hybridized carbons (Fsp3) is 0.108. The minimum atomic E-state index is -0.485. The minimum absolute atomic E-state index is 0.485. The molecule has 5 heteroatoms. The van der Waals surface area contributed by atoms with Gasteiger partial charge in [0.1, 0.15) is 33.5 Å². The van der Waals surface area contributed by atoms with Crippen LogP contribution in [0.2, 0.25) is 0 Å². The Kier molecular flexibility index (Phi) is 8.77. The summed E-state index contributed by atoms with van der Waals surface area (Å²) in [5.74, 6) is 0. The molecule has 0 saturated heterocycles. The van der Waals surface area contributed by atoms with Gasteiger partial charge < -0.3 is 22.6 Å². The number of fused-ring (bicyclic) bond motifs is 22. The summed E-state index contributed by atoms with van der Waals surface area (Å²) in [7, 11) is 0. The van der Waals surface area contributed by atoms with Gasteiger partial charge in [0.25, 0.3) is 0 Å². The number of para-hydroxylation sites is 4. The van der Waals surface area contributed by atoms with E-state index in [-0.39, 0.29) is 0 Å². The molecule has 0 N–H and O–H groups in total. The molecule has 4 aromatic heterocycles. The van der Waals surface area contributed by atoms with Crippen molar-refractivity contribution in [3.8, 4) is 44.5 Å². The van der Waals surface area contributed by atoms with E-state index in [4.69, 9.17) is 17.7 Å². The third kappa shape index (κ3) is 5.84. The van der Waals surface area contributed by atoms with E-state index in [1.165, 1.54) is 27.8 Å². The summed E-state index contributed by atoms with van der Waals surface area (Å²) >= 11 is 0. The first-order chi connectivity index (χ1) is 38.5. The Morgan fingerprint density at radius 2 is 0.671 bits per heavy atom. The van der Waals surface area contributed by atoms with E-state index in [0.29, 0.717) is 0 Å². The van der Waals surface area contributed by atoms with Crippen LogP contribution in [-0.2, 0) is 10.8 Å². The number of hydrogen-bond donors (Lipinski definition) is 0. The van der Waals surface area contributed by atoms with Crippen molar-refractivity contribution < 1.29 is 17.7 Å². The standard InChI is InChI=1S/C74H51NO4/c1-40-33-34-54(41(2)35-40)75(55-38-52-65(63-46-27-15-19-31-59(46)76-69(55)63)67-50(73(52,3)4)36-48(42-21-9-7-10-22-42)61-44-25-13-17-29-57(44)78-71(61)67)56-39-53-66(64-47-28-16-20-32-60(47)77-70(56)64)68-51(74(53,5)6)37-49(43-23-11-8-12-24-43)62-45-26-14-18-30-58(45)79-72(62)68/h7-39H,1-6H3. The predicted molar refractivity (Wildman–Crippen MR) is 326 cm³/mol. The molecular formula is C74H51NO4. The zero-order valence-electron chi connectivity index (χ0n) is 44.6. The molecule has 4 heterocycles. The fourth-order valence-corrected chi connectivity index (χ4v) is 14.3. The summed E-state index contributed by atoms with van der Waals surface area (Å²) in [5, 5.41) is 8.69. The van der Waals surface area contributed by atoms with Crippen LogP contribution in [0.25, 0.3) is 132 Å². The highest BCUT2D eigenvalue weighted by Gasteiger charge is 2.45. The molecule has 0 bridgehead atoms. The quantitative estimate of drug-likeness (QED) is 0.172. The van der Waals surface area contributed by atoms with Crippen LogP contribution in [0, 0.1) is 13.8 Å². The van der Waals surface area contributed by atoms with Gasteiger partial charge >= 0.3 is 0 Å². The van der Waals surface area contributed by atoms with Crippen LogP contribution >= 0.6 is 0 Å². The maximum Gasteiger partial charge on any atom is 0.160 e. The van der Waals surface area contributed by atoms with E-state index in [9.17, 15) is 0 Å². The predicted octanol–water partition coefficient (Wildman–Crippen LogP) is 21.3. The largest absolute Gasteiger partial charge is 0.455 e. The van der Waals surface area contributed by atoms with Gasteiger partial charge in [0.15, 0.2) is 11.2 Å². The molecule has 0 aliphatic heterocycles. The van der Waals surface area contributed by atoms with E-state index in [1.54, 1.807) is 0 Å². The molecule has 0 unspecified atom stereocenters. The van der Waals surface area contributed by atoms with Gasteiger partial charge in [-0.2, -0.15) is 0 Å². The Hall–Kier alpha value is -9.58. The van der Waals surface area contributed by atoms with Gasteiger partial charge in [0, 0.05) is 81.9 Å². The Bertz CT molecular complexity index is 4860. The van der Waals surface area contributed by atoms with Crippen molar-refractivity contribution in [1.82, 2.24) is 0 Å². The molecule has 0 radical (unpaired) electrons. The monoisotopic (exact) mass is 1020 g/mol. The Labute approximate surface area is 455 Å². The average molecular weight is 1020 g/mol. The number of rotatable bonds is 5. The molecule has 17 rings (SSSR count). The second kappa shape index (κ2) is 15.6. The van der Waals surface area contributed by atoms with Crippen molar-refractivity contribution in [2.24, 2.45) is 0 Å². The summed E-state index contributed by atoms with van der Waals surface area (Å²) < 4.78 is 29.2. The second-order valence-electron chi connectivity index (χ2n) is 23.1. The maximum atomic E-state index is 7.42. The SMILES string of the molecule is Cc1ccc(N(c2cc3c(c4c2oc2ccccc24)-c2c(cc(-c4ccccc4)c4c2oc2ccccc24)C3(C)C)c2cc3c(c4c2oc2ccccc24)-c2c(cc(-c4ccccc4)c4c2oc2ccccc24)C3(C)C)c(C)c1. The van der Waals surface area contributed by atoms with Crippen LogP contribution in [0.4, 0.5) is 17.1 Å². The highest BCUT2D eigenvalue weighted by Crippen LogP contribution is 2.63. The van der Waals surface area contributed by atoms with E-state index in [2.05, 4.69) is 247 Å². The summed E-state index contributed by atoms with van der Waals surface area (Å²) in [6, 6.07) is 72.2. The summed E-state index contributed by atoms with van der Waals surface area (Å²) in [4.78, 5) is 2.46. The first-order valence-electron chi connectivity index (χ1n) is 27.5. The maximum absolute atomic E-state index is 7.42. The first kappa shape index (κ1) is 44.5. The summed E-state index contributed by atoms with van der Waals surface area (Å²) in [5.41, 5.74) is 25.0. The number of benzene rings is 11. The lowest BCUT2D eigenvalue weighted by molar-refractivity contribution is 0.650. The highest BCUT2D eigenvalue weighted by molar-refractivity contribution is 6.28. The van der Waals surface area contributed by atoms with E-state index < -0.39 is 10.8 Å². The van der Waals surface area contributed by atoms with Crippen molar-refractivity contribution >= 4 is 105 Å². The van der Waals surface area contributed by atoms with E-state index in [1.807, 2.05) is 0 Å². The molecule has 5 nitrogen and oxygen atoms in total. The van der Waals surface area contributed by atoms with Crippen LogP contribution in [0.3, 0.4) is 0 Å². The fourth-order valence-electron chi connectivity index (χ4n) is 14.3. The number of aryl methyl sites for hydroxylation is 2. The van der Waals surface area contributed by atoms with Gasteiger partial charge in [0.05, 0.1) is 11.4 Å². The van der Waals surface area contributed by atoms with Crippen LogP contribution < -0.4 is 4.90 Å². The Morgan fingerprint density at radius 3 is 1.08 bits per heavy atom. The van der Waals surface area contributed by atoms with Crippen molar-refractivity contribution in [3.63, 3.8) is 0 Å². The Morgan fingerprint density at radius 1 is 0.316 bits per heavy atom. The third-order valence-corrected chi connectivity index (χ3v) is 18.0. The first-order valence-corrected chi connectivity index (χ1v) is 27.5. The molecule has 0 atom stereocenters. The third-order valence-electron chi connectivity index (χ3n) is 18.0. The Balaban J connectivity index is 1.01. The molecule has 2 aliphatic rings. The zero-order valence-corrected chi connectivity index (χ0v) is 44.6. The highest BCUT2D eigenvalue weighted by atomic mass is 16.3. The smallest absolute Gasteiger partial charge is 0.160 e. The second-order valence-corrected chi connectivity index (χ2v) is 23.1. The lowest BCUT2D eigenvalue weighted by atomic mass is 9.80. The topological polar surface area (TPSA) is 55.8 Å². The van der Waals surface area contributed by atoms with Crippen molar-refractivity contribution in [2.75, 3.05) is 4.90 Å². The molecule has 11 aromatic carbocycles. The number of nitrogens with zero attached hydrogens (tertiary/aromatic N) is 1. The van der Waals surface area contributed by atoms with E-state index >= 15 is 0 Å². The molecule has 79 heavy (non-hydrogen) atoms. The molecular weight excluding hydrogens is 967 g/mol. The van der Waals surface area contributed by atoms with Crippen LogP contribution in [0.1, 0.15) is 61.1 Å². The van der Waals surface area contributed by atoms with Gasteiger partial charge in [-0.1, -0.05) is 179 Å². The number of anilines is 3. The number of hydrogen-bond acceptors (Lipinski definition) is 5. The van der Waals surface area contributed by atoms with Gasteiger partial charge in [-0.25, -0.2) is 0 Å². The number of furan rings is 4. The molecule has 0 saturated carbocycles. The van der Waals surface area contributed by atoms with Crippen LogP contribution in [0.15, 0.2) is 218 Å². The minimum Gasteiger partial charge on any atom is -0.455 e. The molecule has 0 fully saturated rings. The van der Waals surface area contributed by atoms with Crippen LogP contribution in [0.5, 0.6) is 0 Å². The van der Waals surface area contributed by atoms with Crippen LogP contribution in [-0.4, -0.2) is 0 Å². The van der Waals surface area contributed by atoms with E-state index in [0.717, 1.165) is 155 Å². The van der Waals surface area contributed by atoms with Gasteiger partial charge in [-0.05, 0) is 119 Å².